The van der Waals surface area contributed by atoms with Gasteiger partial charge in [0.2, 0.25) is 5.95 Å². The van der Waals surface area contributed by atoms with Crippen LogP contribution in [-0.4, -0.2) is 22.1 Å². The van der Waals surface area contributed by atoms with Crippen molar-refractivity contribution in [2.24, 2.45) is 5.73 Å². The number of anilines is 2. The van der Waals surface area contributed by atoms with Gasteiger partial charge in [0.05, 0.1) is 6.61 Å². The summed E-state index contributed by atoms with van der Waals surface area (Å²) in [5.41, 5.74) is 8.00. The predicted octanol–water partition coefficient (Wildman–Crippen LogP) is 2.00. The van der Waals surface area contributed by atoms with Crippen molar-refractivity contribution in [3.63, 3.8) is 0 Å². The molecule has 0 radical (unpaired) electrons. The van der Waals surface area contributed by atoms with E-state index < -0.39 is 0 Å². The zero-order chi connectivity index (χ0) is 13.7. The highest BCUT2D eigenvalue weighted by atomic mass is 32.1. The summed E-state index contributed by atoms with van der Waals surface area (Å²) in [6.45, 7) is 0.512. The first-order valence-corrected chi connectivity index (χ1v) is 6.08. The van der Waals surface area contributed by atoms with Gasteiger partial charge in [0.15, 0.2) is 0 Å². The van der Waals surface area contributed by atoms with Gasteiger partial charge in [0.1, 0.15) is 10.7 Å². The molecule has 0 saturated heterocycles. The van der Waals surface area contributed by atoms with Crippen LogP contribution in [0.3, 0.4) is 0 Å². The highest BCUT2D eigenvalue weighted by molar-refractivity contribution is 7.80. The van der Waals surface area contributed by atoms with Crippen molar-refractivity contribution >= 4 is 28.8 Å². The first kappa shape index (κ1) is 13.4. The molecule has 0 saturated carbocycles. The van der Waals surface area contributed by atoms with Gasteiger partial charge >= 0.3 is 0 Å². The molecule has 1 heterocycles. The molecule has 0 unspecified atom stereocenters. The van der Waals surface area contributed by atoms with Crippen molar-refractivity contribution in [2.75, 3.05) is 12.4 Å². The molecule has 3 N–H and O–H groups in total. The summed E-state index contributed by atoms with van der Waals surface area (Å²) >= 11 is 4.89. The SMILES string of the molecule is COCc1ccccc1Nc1nccc(C(N)=S)n1. The molecular formula is C13H14N4OS. The van der Waals surface area contributed by atoms with Gasteiger partial charge in [0, 0.05) is 24.6 Å². The molecule has 5 nitrogen and oxygen atoms in total. The third kappa shape index (κ3) is 3.46. The van der Waals surface area contributed by atoms with Crippen molar-refractivity contribution in [1.29, 1.82) is 0 Å². The van der Waals surface area contributed by atoms with Crippen LogP contribution in [0.4, 0.5) is 11.6 Å². The van der Waals surface area contributed by atoms with E-state index >= 15 is 0 Å². The first-order valence-electron chi connectivity index (χ1n) is 5.67. The second-order valence-electron chi connectivity index (χ2n) is 3.84. The predicted molar refractivity (Wildman–Crippen MR) is 78.4 cm³/mol. The average molecular weight is 274 g/mol. The Balaban J connectivity index is 2.26. The van der Waals surface area contributed by atoms with Crippen LogP contribution < -0.4 is 11.1 Å². The number of benzene rings is 1. The van der Waals surface area contributed by atoms with Crippen molar-refractivity contribution in [3.05, 3.63) is 47.8 Å². The van der Waals surface area contributed by atoms with Gasteiger partial charge in [-0.05, 0) is 12.1 Å². The summed E-state index contributed by atoms with van der Waals surface area (Å²) in [7, 11) is 1.65. The molecule has 0 bridgehead atoms. The van der Waals surface area contributed by atoms with E-state index in [1.807, 2.05) is 24.3 Å². The normalized spacial score (nSPS) is 10.2. The number of nitrogens with two attached hydrogens (primary N) is 1. The Labute approximate surface area is 116 Å². The van der Waals surface area contributed by atoms with E-state index in [-0.39, 0.29) is 4.99 Å². The zero-order valence-corrected chi connectivity index (χ0v) is 11.3. The fourth-order valence-electron chi connectivity index (χ4n) is 1.60. The van der Waals surface area contributed by atoms with E-state index in [0.717, 1.165) is 11.3 Å². The van der Waals surface area contributed by atoms with E-state index in [4.69, 9.17) is 22.7 Å². The van der Waals surface area contributed by atoms with Gasteiger partial charge in [-0.15, -0.1) is 0 Å². The van der Waals surface area contributed by atoms with Crippen molar-refractivity contribution in [1.82, 2.24) is 9.97 Å². The van der Waals surface area contributed by atoms with Crippen molar-refractivity contribution in [2.45, 2.75) is 6.61 Å². The van der Waals surface area contributed by atoms with Crippen LogP contribution in [0, 0.1) is 0 Å². The van der Waals surface area contributed by atoms with Crippen molar-refractivity contribution < 1.29 is 4.74 Å². The molecule has 6 heteroatoms. The molecule has 0 aliphatic heterocycles. The van der Waals surface area contributed by atoms with Gasteiger partial charge in [-0.2, -0.15) is 0 Å². The molecule has 1 aromatic carbocycles. The Morgan fingerprint density at radius 3 is 2.89 bits per heavy atom. The van der Waals surface area contributed by atoms with E-state index in [0.29, 0.717) is 18.2 Å². The fraction of sp³-hybridized carbons (Fsp3) is 0.154. The number of nitrogens with one attached hydrogen (secondary N) is 1. The molecule has 2 rings (SSSR count). The standard InChI is InChI=1S/C13H14N4OS/c1-18-8-9-4-2-3-5-10(9)16-13-15-7-6-11(17-13)12(14)19/h2-7H,8H2,1H3,(H2,14,19)(H,15,16,17). The molecule has 0 fully saturated rings. The number of thiocarbonyl (C=S) groups is 1. The highest BCUT2D eigenvalue weighted by Crippen LogP contribution is 2.19. The first-order chi connectivity index (χ1) is 9.20. The molecule has 0 aliphatic rings. The summed E-state index contributed by atoms with van der Waals surface area (Å²) in [6, 6.07) is 9.47. The van der Waals surface area contributed by atoms with E-state index in [9.17, 15) is 0 Å². The third-order valence-corrected chi connectivity index (χ3v) is 2.68. The number of para-hydroxylation sites is 1. The van der Waals surface area contributed by atoms with Crippen LogP contribution >= 0.6 is 12.2 Å². The number of aromatic nitrogens is 2. The van der Waals surface area contributed by atoms with Crippen LogP contribution in [0.5, 0.6) is 0 Å². The van der Waals surface area contributed by atoms with Crippen LogP contribution in [0.2, 0.25) is 0 Å². The topological polar surface area (TPSA) is 73.1 Å². The minimum absolute atomic E-state index is 0.246. The van der Waals surface area contributed by atoms with Crippen LogP contribution in [0.15, 0.2) is 36.5 Å². The Morgan fingerprint density at radius 1 is 1.37 bits per heavy atom. The molecule has 98 valence electrons. The van der Waals surface area contributed by atoms with Gasteiger partial charge in [-0.25, -0.2) is 9.97 Å². The monoisotopic (exact) mass is 274 g/mol. The zero-order valence-electron chi connectivity index (χ0n) is 10.5. The smallest absolute Gasteiger partial charge is 0.227 e. The number of hydrogen-bond donors (Lipinski definition) is 2. The lowest BCUT2D eigenvalue weighted by Gasteiger charge is -2.10. The minimum Gasteiger partial charge on any atom is -0.388 e. The molecule has 0 amide bonds. The number of ether oxygens (including phenoxy) is 1. The Morgan fingerprint density at radius 2 is 2.16 bits per heavy atom. The maximum absolute atomic E-state index is 5.55. The molecule has 19 heavy (non-hydrogen) atoms. The lowest BCUT2D eigenvalue weighted by atomic mass is 10.2. The molecular weight excluding hydrogens is 260 g/mol. The average Bonchev–Trinajstić information content (AvgIpc) is 2.41. The summed E-state index contributed by atoms with van der Waals surface area (Å²) < 4.78 is 5.15. The molecule has 0 spiro atoms. The van der Waals surface area contributed by atoms with E-state index in [1.165, 1.54) is 0 Å². The lowest BCUT2D eigenvalue weighted by molar-refractivity contribution is 0.185. The largest absolute Gasteiger partial charge is 0.388 e. The summed E-state index contributed by atoms with van der Waals surface area (Å²) in [4.78, 5) is 8.63. The van der Waals surface area contributed by atoms with Gasteiger partial charge < -0.3 is 15.8 Å². The second-order valence-corrected chi connectivity index (χ2v) is 4.28. The van der Waals surface area contributed by atoms with Gasteiger partial charge in [-0.3, -0.25) is 0 Å². The van der Waals surface area contributed by atoms with E-state index in [2.05, 4.69) is 15.3 Å². The Bertz CT molecular complexity index is 588. The van der Waals surface area contributed by atoms with Crippen molar-refractivity contribution in [3.8, 4) is 0 Å². The second kappa shape index (κ2) is 6.21. The minimum atomic E-state index is 0.246. The molecule has 0 aliphatic carbocycles. The Kier molecular flexibility index (Phi) is 4.38. The van der Waals surface area contributed by atoms with Crippen LogP contribution in [-0.2, 0) is 11.3 Å². The van der Waals surface area contributed by atoms with Gasteiger partial charge in [-0.1, -0.05) is 30.4 Å². The summed E-state index contributed by atoms with van der Waals surface area (Å²) in [5.74, 6) is 0.453. The number of hydrogen-bond acceptors (Lipinski definition) is 5. The van der Waals surface area contributed by atoms with Gasteiger partial charge in [0.25, 0.3) is 0 Å². The highest BCUT2D eigenvalue weighted by Gasteiger charge is 2.05. The molecule has 2 aromatic rings. The third-order valence-electron chi connectivity index (χ3n) is 2.47. The Hall–Kier alpha value is -2.05. The lowest BCUT2D eigenvalue weighted by Crippen LogP contribution is -2.13. The number of rotatable bonds is 5. The quantitative estimate of drug-likeness (QED) is 0.812. The molecule has 0 atom stereocenters. The van der Waals surface area contributed by atoms with Crippen LogP contribution in [0.1, 0.15) is 11.3 Å². The fourth-order valence-corrected chi connectivity index (χ4v) is 1.71. The summed E-state index contributed by atoms with van der Waals surface area (Å²) in [5, 5.41) is 3.14. The maximum atomic E-state index is 5.55. The van der Waals surface area contributed by atoms with Crippen LogP contribution in [0.25, 0.3) is 0 Å². The number of methoxy groups -OCH3 is 1. The summed E-state index contributed by atoms with van der Waals surface area (Å²) in [6.07, 6.45) is 1.61. The van der Waals surface area contributed by atoms with E-state index in [1.54, 1.807) is 19.4 Å². The maximum Gasteiger partial charge on any atom is 0.227 e. The number of nitrogens with zero attached hydrogens (tertiary/aromatic N) is 2. The molecule has 1 aromatic heterocycles.